The molecule has 0 bridgehead atoms. The first-order valence-corrected chi connectivity index (χ1v) is 7.15. The van der Waals surface area contributed by atoms with Crippen molar-refractivity contribution in [3.05, 3.63) is 64.3 Å². The Balaban J connectivity index is 2.04. The van der Waals surface area contributed by atoms with Crippen LogP contribution < -0.4 is 10.5 Å². The predicted octanol–water partition coefficient (Wildman–Crippen LogP) is 4.79. The number of nitrogens with zero attached hydrogens (tertiary/aromatic N) is 1. The van der Waals surface area contributed by atoms with Crippen LogP contribution in [0.3, 0.4) is 0 Å². The summed E-state index contributed by atoms with van der Waals surface area (Å²) in [5.74, 6) is 1.14. The number of fused-ring (bicyclic) bond motifs is 1. The molecule has 0 amide bonds. The van der Waals surface area contributed by atoms with Crippen LogP contribution >= 0.6 is 23.2 Å². The number of hydrogen-bond donors (Lipinski definition) is 1. The number of hydrogen-bond acceptors (Lipinski definition) is 3. The molecule has 5 heteroatoms. The van der Waals surface area contributed by atoms with Gasteiger partial charge in [-0.15, -0.1) is 0 Å². The van der Waals surface area contributed by atoms with Crippen molar-refractivity contribution in [1.29, 1.82) is 0 Å². The summed E-state index contributed by atoms with van der Waals surface area (Å²) < 4.78 is 5.86. The highest BCUT2D eigenvalue weighted by atomic mass is 35.5. The van der Waals surface area contributed by atoms with E-state index in [1.807, 2.05) is 30.3 Å². The van der Waals surface area contributed by atoms with Gasteiger partial charge in [0.15, 0.2) is 0 Å². The number of aromatic nitrogens is 1. The van der Waals surface area contributed by atoms with E-state index in [0.717, 1.165) is 10.8 Å². The fourth-order valence-corrected chi connectivity index (χ4v) is 2.51. The smallest absolute Gasteiger partial charge is 0.219 e. The summed E-state index contributed by atoms with van der Waals surface area (Å²) >= 11 is 12.2. The van der Waals surface area contributed by atoms with E-state index in [-0.39, 0.29) is 6.54 Å². The zero-order valence-electron chi connectivity index (χ0n) is 11.0. The van der Waals surface area contributed by atoms with Crippen LogP contribution in [0.2, 0.25) is 10.0 Å². The molecule has 0 aliphatic rings. The van der Waals surface area contributed by atoms with Gasteiger partial charge in [0.25, 0.3) is 0 Å². The van der Waals surface area contributed by atoms with E-state index in [2.05, 4.69) is 4.98 Å². The van der Waals surface area contributed by atoms with Crippen LogP contribution in [0.25, 0.3) is 10.8 Å². The van der Waals surface area contributed by atoms with Crippen LogP contribution in [0.1, 0.15) is 5.69 Å². The highest BCUT2D eigenvalue weighted by molar-refractivity contribution is 6.35. The Labute approximate surface area is 132 Å². The highest BCUT2D eigenvalue weighted by Gasteiger charge is 2.08. The van der Waals surface area contributed by atoms with Gasteiger partial charge in [-0.25, -0.2) is 4.98 Å². The summed E-state index contributed by atoms with van der Waals surface area (Å²) in [7, 11) is 0. The van der Waals surface area contributed by atoms with Gasteiger partial charge in [-0.2, -0.15) is 0 Å². The van der Waals surface area contributed by atoms with Crippen molar-refractivity contribution in [1.82, 2.24) is 4.98 Å². The van der Waals surface area contributed by atoms with E-state index in [1.54, 1.807) is 18.2 Å². The first-order chi connectivity index (χ1) is 10.2. The number of nitrogens with two attached hydrogens (primary N) is 1. The van der Waals surface area contributed by atoms with E-state index in [9.17, 15) is 0 Å². The van der Waals surface area contributed by atoms with Gasteiger partial charge in [-0.1, -0.05) is 47.5 Å². The summed E-state index contributed by atoms with van der Waals surface area (Å²) in [6.07, 6.45) is 0. The van der Waals surface area contributed by atoms with Gasteiger partial charge in [-0.3, -0.25) is 0 Å². The van der Waals surface area contributed by atoms with Crippen molar-refractivity contribution in [3.63, 3.8) is 0 Å². The Morgan fingerprint density at radius 2 is 1.62 bits per heavy atom. The van der Waals surface area contributed by atoms with Crippen LogP contribution in [0, 0.1) is 0 Å². The third-order valence-corrected chi connectivity index (χ3v) is 3.81. The molecule has 0 spiro atoms. The highest BCUT2D eigenvalue weighted by Crippen LogP contribution is 2.33. The molecule has 3 aromatic rings. The fourth-order valence-electron chi connectivity index (χ4n) is 2.10. The molecule has 0 saturated carbocycles. The maximum atomic E-state index is 6.20. The van der Waals surface area contributed by atoms with Crippen molar-refractivity contribution >= 4 is 34.0 Å². The predicted molar refractivity (Wildman–Crippen MR) is 86.2 cm³/mol. The SMILES string of the molecule is NCc1nc(Oc2ccc(Cl)c3ccccc23)ccc1Cl. The molecule has 2 aromatic carbocycles. The minimum absolute atomic E-state index is 0.261. The summed E-state index contributed by atoms with van der Waals surface area (Å²) in [5.41, 5.74) is 6.21. The Morgan fingerprint density at radius 1 is 0.905 bits per heavy atom. The topological polar surface area (TPSA) is 48.1 Å². The lowest BCUT2D eigenvalue weighted by atomic mass is 10.1. The van der Waals surface area contributed by atoms with Gasteiger partial charge in [0.1, 0.15) is 5.75 Å². The van der Waals surface area contributed by atoms with Crippen LogP contribution in [0.15, 0.2) is 48.5 Å². The van der Waals surface area contributed by atoms with Gasteiger partial charge in [0.2, 0.25) is 5.88 Å². The van der Waals surface area contributed by atoms with E-state index >= 15 is 0 Å². The molecule has 0 aliphatic heterocycles. The lowest BCUT2D eigenvalue weighted by molar-refractivity contribution is 0.466. The monoisotopic (exact) mass is 318 g/mol. The summed E-state index contributed by atoms with van der Waals surface area (Å²) in [5, 5.41) is 3.08. The van der Waals surface area contributed by atoms with Crippen molar-refractivity contribution in [2.24, 2.45) is 5.73 Å². The lowest BCUT2D eigenvalue weighted by Crippen LogP contribution is -2.01. The maximum Gasteiger partial charge on any atom is 0.219 e. The molecular formula is C16H12Cl2N2O. The van der Waals surface area contributed by atoms with Gasteiger partial charge in [0.05, 0.1) is 10.7 Å². The van der Waals surface area contributed by atoms with Gasteiger partial charge >= 0.3 is 0 Å². The van der Waals surface area contributed by atoms with Gasteiger partial charge in [0, 0.05) is 28.4 Å². The minimum atomic E-state index is 0.261. The van der Waals surface area contributed by atoms with Crippen LogP contribution in [0.4, 0.5) is 0 Å². The molecule has 0 saturated heterocycles. The van der Waals surface area contributed by atoms with Crippen LogP contribution in [-0.2, 0) is 6.54 Å². The number of pyridine rings is 1. The Morgan fingerprint density at radius 3 is 2.38 bits per heavy atom. The van der Waals surface area contributed by atoms with E-state index in [0.29, 0.717) is 27.4 Å². The zero-order valence-corrected chi connectivity index (χ0v) is 12.5. The standard InChI is InChI=1S/C16H12Cl2N2O/c17-12-5-7-15(11-4-2-1-3-10(11)12)21-16-8-6-13(18)14(9-19)20-16/h1-8H,9,19H2. The second-order valence-electron chi connectivity index (χ2n) is 4.48. The van der Waals surface area contributed by atoms with Crippen molar-refractivity contribution in [2.45, 2.75) is 6.54 Å². The summed E-state index contributed by atoms with van der Waals surface area (Å²) in [6.45, 7) is 0.261. The molecule has 0 fully saturated rings. The average molecular weight is 319 g/mol. The second kappa shape index (κ2) is 5.90. The quantitative estimate of drug-likeness (QED) is 0.755. The molecule has 0 unspecified atom stereocenters. The van der Waals surface area contributed by atoms with E-state index < -0.39 is 0 Å². The minimum Gasteiger partial charge on any atom is -0.438 e. The van der Waals surface area contributed by atoms with Crippen LogP contribution in [0.5, 0.6) is 11.6 Å². The first kappa shape index (κ1) is 14.1. The third-order valence-electron chi connectivity index (χ3n) is 3.13. The molecule has 0 radical (unpaired) electrons. The maximum absolute atomic E-state index is 6.20. The zero-order chi connectivity index (χ0) is 14.8. The molecule has 1 aromatic heterocycles. The molecule has 2 N–H and O–H groups in total. The third kappa shape index (κ3) is 2.81. The molecule has 0 atom stereocenters. The van der Waals surface area contributed by atoms with Crippen molar-refractivity contribution in [3.8, 4) is 11.6 Å². The molecule has 1 heterocycles. The molecule has 106 valence electrons. The Hall–Kier alpha value is -1.81. The normalized spacial score (nSPS) is 10.8. The molecule has 21 heavy (non-hydrogen) atoms. The largest absolute Gasteiger partial charge is 0.438 e. The van der Waals surface area contributed by atoms with Gasteiger partial charge in [-0.05, 0) is 18.2 Å². The number of halogens is 2. The number of ether oxygens (including phenoxy) is 1. The van der Waals surface area contributed by atoms with Crippen molar-refractivity contribution < 1.29 is 4.74 Å². The van der Waals surface area contributed by atoms with Crippen molar-refractivity contribution in [2.75, 3.05) is 0 Å². The van der Waals surface area contributed by atoms with Gasteiger partial charge < -0.3 is 10.5 Å². The Bertz CT molecular complexity index is 805. The van der Waals surface area contributed by atoms with E-state index in [4.69, 9.17) is 33.7 Å². The summed E-state index contributed by atoms with van der Waals surface area (Å²) in [4.78, 5) is 4.30. The molecule has 3 nitrogen and oxygen atoms in total. The average Bonchev–Trinajstić information content (AvgIpc) is 2.52. The fraction of sp³-hybridized carbons (Fsp3) is 0.0625. The first-order valence-electron chi connectivity index (χ1n) is 6.39. The summed E-state index contributed by atoms with van der Waals surface area (Å²) in [6, 6.07) is 14.8. The molecule has 3 rings (SSSR count). The number of benzene rings is 2. The Kier molecular flexibility index (Phi) is 3.97. The second-order valence-corrected chi connectivity index (χ2v) is 5.29. The molecule has 0 aliphatic carbocycles. The van der Waals surface area contributed by atoms with E-state index in [1.165, 1.54) is 0 Å². The lowest BCUT2D eigenvalue weighted by Gasteiger charge is -2.10. The van der Waals surface area contributed by atoms with Crippen LogP contribution in [-0.4, -0.2) is 4.98 Å². The molecular weight excluding hydrogens is 307 g/mol. The number of rotatable bonds is 3.